The van der Waals surface area contributed by atoms with Gasteiger partial charge in [0.1, 0.15) is 0 Å². The van der Waals surface area contributed by atoms with E-state index < -0.39 is 0 Å². The van der Waals surface area contributed by atoms with Gasteiger partial charge in [-0.2, -0.15) is 0 Å². The summed E-state index contributed by atoms with van der Waals surface area (Å²) in [5, 5.41) is 3.34. The molecule has 18 heavy (non-hydrogen) atoms. The van der Waals surface area contributed by atoms with Crippen molar-refractivity contribution in [1.29, 1.82) is 0 Å². The number of hydrogen-bond acceptors (Lipinski definition) is 1. The van der Waals surface area contributed by atoms with Gasteiger partial charge in [0.25, 0.3) is 0 Å². The Hall–Kier alpha value is -1.91. The number of hydrogen-bond donors (Lipinski definition) is 1. The van der Waals surface area contributed by atoms with Crippen LogP contribution in [0.4, 0.5) is 11.4 Å². The number of rotatable bonds is 3. The van der Waals surface area contributed by atoms with Gasteiger partial charge in [0, 0.05) is 29.2 Å². The fraction of sp³-hybridized carbons (Fsp3) is 0.125. The first-order chi connectivity index (χ1) is 8.88. The van der Waals surface area contributed by atoms with Crippen molar-refractivity contribution in [3.05, 3.63) is 60.2 Å². The Balaban J connectivity index is 2.11. The minimum absolute atomic E-state index is 0.578. The van der Waals surface area contributed by atoms with E-state index in [0.717, 1.165) is 23.4 Å². The minimum Gasteiger partial charge on any atom is -0.355 e. The smallest absolute Gasteiger partial charge is 0.0396 e. The van der Waals surface area contributed by atoms with Crippen LogP contribution in [0.3, 0.4) is 0 Å². The summed E-state index contributed by atoms with van der Waals surface area (Å²) in [5.41, 5.74) is 3.11. The monoisotopic (exact) mass is 255 g/mol. The summed E-state index contributed by atoms with van der Waals surface area (Å²) in [5.74, 6) is 6.71. The molecule has 0 aliphatic rings. The molecule has 0 aromatic heterocycles. The number of nitrogens with one attached hydrogen (secondary N) is 1. The highest BCUT2D eigenvalue weighted by atomic mass is 35.5. The van der Waals surface area contributed by atoms with Crippen LogP contribution in [0.15, 0.2) is 54.6 Å². The van der Waals surface area contributed by atoms with Crippen LogP contribution in [0.1, 0.15) is 12.0 Å². The van der Waals surface area contributed by atoms with Crippen molar-refractivity contribution in [2.24, 2.45) is 0 Å². The lowest BCUT2D eigenvalue weighted by molar-refractivity contribution is 1.29. The van der Waals surface area contributed by atoms with Crippen molar-refractivity contribution < 1.29 is 0 Å². The maximum atomic E-state index is 5.59. The molecule has 0 aliphatic carbocycles. The molecule has 0 saturated heterocycles. The number of benzene rings is 2. The summed E-state index contributed by atoms with van der Waals surface area (Å²) in [6, 6.07) is 18.1. The van der Waals surface area contributed by atoms with Crippen molar-refractivity contribution in [3.63, 3.8) is 0 Å². The number of para-hydroxylation sites is 1. The van der Waals surface area contributed by atoms with E-state index in [-0.39, 0.29) is 0 Å². The van der Waals surface area contributed by atoms with Crippen molar-refractivity contribution in [2.75, 3.05) is 11.2 Å². The molecule has 0 bridgehead atoms. The Kier molecular flexibility index (Phi) is 4.69. The van der Waals surface area contributed by atoms with Gasteiger partial charge in [0.05, 0.1) is 0 Å². The summed E-state index contributed by atoms with van der Waals surface area (Å²) < 4.78 is 0. The van der Waals surface area contributed by atoms with Gasteiger partial charge in [-0.1, -0.05) is 36.1 Å². The molecule has 2 heteroatoms. The normalized spacial score (nSPS) is 9.39. The van der Waals surface area contributed by atoms with Gasteiger partial charge >= 0.3 is 0 Å². The molecule has 0 amide bonds. The molecule has 0 aliphatic heterocycles. The van der Waals surface area contributed by atoms with Crippen molar-refractivity contribution in [3.8, 4) is 11.8 Å². The van der Waals surface area contributed by atoms with E-state index in [9.17, 15) is 0 Å². The van der Waals surface area contributed by atoms with Crippen LogP contribution in [0, 0.1) is 11.8 Å². The zero-order valence-electron chi connectivity index (χ0n) is 9.99. The second-order valence-electron chi connectivity index (χ2n) is 3.81. The van der Waals surface area contributed by atoms with E-state index in [4.69, 9.17) is 11.6 Å². The number of anilines is 2. The number of alkyl halides is 1. The van der Waals surface area contributed by atoms with Crippen LogP contribution in [-0.4, -0.2) is 5.88 Å². The first-order valence-electron chi connectivity index (χ1n) is 5.85. The first-order valence-corrected chi connectivity index (χ1v) is 6.39. The highest BCUT2D eigenvalue weighted by Crippen LogP contribution is 2.16. The lowest BCUT2D eigenvalue weighted by Crippen LogP contribution is -1.89. The summed E-state index contributed by atoms with van der Waals surface area (Å²) in [6.45, 7) is 0. The van der Waals surface area contributed by atoms with Crippen LogP contribution >= 0.6 is 11.6 Å². The predicted octanol–water partition coefficient (Wildman–Crippen LogP) is 4.41. The molecule has 0 unspecified atom stereocenters. The molecule has 90 valence electrons. The molecule has 1 N–H and O–H groups in total. The summed E-state index contributed by atoms with van der Waals surface area (Å²) in [7, 11) is 0. The minimum atomic E-state index is 0.578. The van der Waals surface area contributed by atoms with Crippen LogP contribution in [0.5, 0.6) is 0 Å². The van der Waals surface area contributed by atoms with Gasteiger partial charge in [-0.3, -0.25) is 0 Å². The van der Waals surface area contributed by atoms with Crippen molar-refractivity contribution >= 4 is 23.0 Å². The van der Waals surface area contributed by atoms with E-state index in [2.05, 4.69) is 17.2 Å². The fourth-order valence-corrected chi connectivity index (χ4v) is 1.67. The molecule has 0 atom stereocenters. The Labute approximate surface area is 113 Å². The van der Waals surface area contributed by atoms with Gasteiger partial charge in [-0.05, 0) is 30.3 Å². The van der Waals surface area contributed by atoms with Gasteiger partial charge < -0.3 is 5.32 Å². The first kappa shape index (κ1) is 12.5. The third-order valence-corrected chi connectivity index (χ3v) is 2.57. The van der Waals surface area contributed by atoms with Crippen LogP contribution in [-0.2, 0) is 0 Å². The van der Waals surface area contributed by atoms with Gasteiger partial charge in [0.2, 0.25) is 0 Å². The van der Waals surface area contributed by atoms with E-state index >= 15 is 0 Å². The molecular formula is C16H14ClN. The average Bonchev–Trinajstić information content (AvgIpc) is 2.41. The summed E-state index contributed by atoms with van der Waals surface area (Å²) in [4.78, 5) is 0. The lowest BCUT2D eigenvalue weighted by Gasteiger charge is -2.06. The molecule has 0 fully saturated rings. The third kappa shape index (κ3) is 3.84. The average molecular weight is 256 g/mol. The summed E-state index contributed by atoms with van der Waals surface area (Å²) >= 11 is 5.59. The van der Waals surface area contributed by atoms with Gasteiger partial charge in [-0.25, -0.2) is 0 Å². The molecule has 0 saturated carbocycles. The number of halogens is 1. The lowest BCUT2D eigenvalue weighted by atomic mass is 10.2. The largest absolute Gasteiger partial charge is 0.355 e. The van der Waals surface area contributed by atoms with Gasteiger partial charge in [0.15, 0.2) is 0 Å². The van der Waals surface area contributed by atoms with Crippen LogP contribution in [0.2, 0.25) is 0 Å². The second kappa shape index (κ2) is 6.74. The zero-order chi connectivity index (χ0) is 12.6. The standard InChI is InChI=1S/C16H14ClN/c17-12-5-4-7-14-8-6-11-16(13-14)18-15-9-2-1-3-10-15/h1-3,6,8-11,13,18H,5,12H2. The predicted molar refractivity (Wildman–Crippen MR) is 78.4 cm³/mol. The third-order valence-electron chi connectivity index (χ3n) is 2.38. The molecule has 0 spiro atoms. The zero-order valence-corrected chi connectivity index (χ0v) is 10.7. The van der Waals surface area contributed by atoms with Crippen molar-refractivity contribution in [1.82, 2.24) is 0 Å². The maximum Gasteiger partial charge on any atom is 0.0396 e. The second-order valence-corrected chi connectivity index (χ2v) is 4.19. The Bertz CT molecular complexity index is 552. The SMILES string of the molecule is ClCCC#Cc1cccc(Nc2ccccc2)c1. The van der Waals surface area contributed by atoms with E-state index in [1.54, 1.807) is 0 Å². The van der Waals surface area contributed by atoms with Crippen LogP contribution in [0.25, 0.3) is 0 Å². The molecule has 0 heterocycles. The van der Waals surface area contributed by atoms with Gasteiger partial charge in [-0.15, -0.1) is 11.6 Å². The van der Waals surface area contributed by atoms with E-state index in [1.807, 2.05) is 54.6 Å². The van der Waals surface area contributed by atoms with E-state index in [0.29, 0.717) is 5.88 Å². The molecular weight excluding hydrogens is 242 g/mol. The molecule has 0 radical (unpaired) electrons. The highest BCUT2D eigenvalue weighted by molar-refractivity contribution is 6.18. The van der Waals surface area contributed by atoms with E-state index in [1.165, 1.54) is 0 Å². The topological polar surface area (TPSA) is 12.0 Å². The molecule has 1 nitrogen and oxygen atoms in total. The molecule has 2 aromatic rings. The Morgan fingerprint density at radius 2 is 1.72 bits per heavy atom. The Morgan fingerprint density at radius 1 is 0.944 bits per heavy atom. The van der Waals surface area contributed by atoms with Crippen molar-refractivity contribution in [2.45, 2.75) is 6.42 Å². The molecule has 2 rings (SSSR count). The maximum absolute atomic E-state index is 5.59. The highest BCUT2D eigenvalue weighted by Gasteiger charge is 1.94. The Morgan fingerprint density at radius 3 is 2.50 bits per heavy atom. The summed E-state index contributed by atoms with van der Waals surface area (Å²) in [6.07, 6.45) is 0.720. The molecule has 2 aromatic carbocycles. The quantitative estimate of drug-likeness (QED) is 0.633. The fourth-order valence-electron chi connectivity index (χ4n) is 1.57. The van der Waals surface area contributed by atoms with Crippen LogP contribution < -0.4 is 5.32 Å².